The lowest BCUT2D eigenvalue weighted by atomic mass is 10.2. The van der Waals surface area contributed by atoms with Crippen molar-refractivity contribution < 1.29 is 18.7 Å². The molecule has 2 N–H and O–H groups in total. The molecule has 27 heavy (non-hydrogen) atoms. The summed E-state index contributed by atoms with van der Waals surface area (Å²) in [5.41, 5.74) is 0.985. The predicted octanol–water partition coefficient (Wildman–Crippen LogP) is 4.60. The summed E-state index contributed by atoms with van der Waals surface area (Å²) in [6.45, 7) is 0.206. The summed E-state index contributed by atoms with van der Waals surface area (Å²) >= 11 is 5.90. The Hall–Kier alpha value is -3.32. The quantitative estimate of drug-likeness (QED) is 0.686. The number of nitrogens with zero attached hydrogens (tertiary/aromatic N) is 1. The number of rotatable bonds is 4. The zero-order valence-electron chi connectivity index (χ0n) is 13.8. The van der Waals surface area contributed by atoms with Crippen LogP contribution in [-0.4, -0.2) is 17.7 Å². The maximum atomic E-state index is 13.8. The maximum Gasteiger partial charge on any atom is 0.260 e. The fourth-order valence-electron chi connectivity index (χ4n) is 2.57. The molecular formula is C19H13ClFN3O3. The number of halogens is 2. The van der Waals surface area contributed by atoms with Gasteiger partial charge in [0.05, 0.1) is 22.5 Å². The van der Waals surface area contributed by atoms with Crippen molar-refractivity contribution >= 4 is 34.7 Å². The Bertz CT molecular complexity index is 991. The van der Waals surface area contributed by atoms with Crippen LogP contribution in [0.3, 0.4) is 0 Å². The van der Waals surface area contributed by atoms with Crippen molar-refractivity contribution in [3.8, 4) is 11.5 Å². The van der Waals surface area contributed by atoms with E-state index < -0.39 is 11.7 Å². The van der Waals surface area contributed by atoms with Crippen molar-refractivity contribution in [1.82, 2.24) is 4.98 Å². The minimum absolute atomic E-state index is 0.0431. The Morgan fingerprint density at radius 1 is 1.07 bits per heavy atom. The number of carbonyl (C=O) groups excluding carboxylic acids is 1. The normalized spacial score (nSPS) is 11.9. The highest BCUT2D eigenvalue weighted by molar-refractivity contribution is 6.34. The third kappa shape index (κ3) is 3.63. The number of ether oxygens (including phenoxy) is 2. The van der Waals surface area contributed by atoms with Gasteiger partial charge in [0.2, 0.25) is 6.79 Å². The van der Waals surface area contributed by atoms with Gasteiger partial charge in [-0.05, 0) is 36.4 Å². The van der Waals surface area contributed by atoms with Gasteiger partial charge in [0.1, 0.15) is 11.6 Å². The number of anilines is 3. The second-order valence-corrected chi connectivity index (χ2v) is 6.08. The molecule has 0 fully saturated rings. The molecule has 8 heteroatoms. The average molecular weight is 386 g/mol. The molecule has 0 saturated carbocycles. The predicted molar refractivity (Wildman–Crippen MR) is 99.4 cm³/mol. The molecule has 4 rings (SSSR count). The maximum absolute atomic E-state index is 13.8. The number of pyridine rings is 1. The van der Waals surface area contributed by atoms with E-state index in [1.165, 1.54) is 24.4 Å². The summed E-state index contributed by atoms with van der Waals surface area (Å²) < 4.78 is 24.4. The molecule has 0 atom stereocenters. The number of carbonyl (C=O) groups is 1. The van der Waals surface area contributed by atoms with E-state index in [1.54, 1.807) is 24.3 Å². The SMILES string of the molecule is O=C(Nc1ccc(Nc2ccc3c(c2)OCO3)nc1)c1c(F)cccc1Cl. The lowest BCUT2D eigenvalue weighted by Crippen LogP contribution is -2.14. The van der Waals surface area contributed by atoms with E-state index in [0.29, 0.717) is 23.0 Å². The zero-order valence-corrected chi connectivity index (χ0v) is 14.6. The van der Waals surface area contributed by atoms with Gasteiger partial charge in [-0.2, -0.15) is 0 Å². The number of hydrogen-bond acceptors (Lipinski definition) is 5. The Labute approximate surface area is 158 Å². The fraction of sp³-hybridized carbons (Fsp3) is 0.0526. The van der Waals surface area contributed by atoms with Gasteiger partial charge in [-0.3, -0.25) is 4.79 Å². The van der Waals surface area contributed by atoms with Gasteiger partial charge in [-0.1, -0.05) is 17.7 Å². The summed E-state index contributed by atoms with van der Waals surface area (Å²) in [5.74, 6) is 0.588. The van der Waals surface area contributed by atoms with Crippen molar-refractivity contribution in [2.75, 3.05) is 17.4 Å². The number of benzene rings is 2. The number of nitrogens with one attached hydrogen (secondary N) is 2. The minimum atomic E-state index is -0.686. The Morgan fingerprint density at radius 3 is 2.67 bits per heavy atom. The molecule has 2 heterocycles. The number of hydrogen-bond donors (Lipinski definition) is 2. The minimum Gasteiger partial charge on any atom is -0.454 e. The molecule has 1 aromatic heterocycles. The second-order valence-electron chi connectivity index (χ2n) is 5.68. The molecule has 0 saturated heterocycles. The van der Waals surface area contributed by atoms with Crippen molar-refractivity contribution in [1.29, 1.82) is 0 Å². The van der Waals surface area contributed by atoms with E-state index in [9.17, 15) is 9.18 Å². The molecule has 0 aliphatic carbocycles. The van der Waals surface area contributed by atoms with Crippen LogP contribution in [0.4, 0.5) is 21.6 Å². The van der Waals surface area contributed by atoms with Gasteiger partial charge < -0.3 is 20.1 Å². The first-order valence-corrected chi connectivity index (χ1v) is 8.36. The van der Waals surface area contributed by atoms with Crippen molar-refractivity contribution in [3.63, 3.8) is 0 Å². The van der Waals surface area contributed by atoms with Gasteiger partial charge in [0.15, 0.2) is 11.5 Å². The Balaban J connectivity index is 1.45. The third-order valence-corrected chi connectivity index (χ3v) is 4.17. The Morgan fingerprint density at radius 2 is 1.89 bits per heavy atom. The summed E-state index contributed by atoms with van der Waals surface area (Å²) in [7, 11) is 0. The van der Waals surface area contributed by atoms with Crippen LogP contribution in [0.2, 0.25) is 5.02 Å². The Kier molecular flexibility index (Phi) is 4.52. The molecule has 0 radical (unpaired) electrons. The molecule has 6 nitrogen and oxygen atoms in total. The third-order valence-electron chi connectivity index (χ3n) is 3.86. The van der Waals surface area contributed by atoms with Crippen LogP contribution < -0.4 is 20.1 Å². The molecular weight excluding hydrogens is 373 g/mol. The molecule has 1 aliphatic heterocycles. The van der Waals surface area contributed by atoms with Crippen LogP contribution >= 0.6 is 11.6 Å². The second kappa shape index (κ2) is 7.13. The molecule has 136 valence electrons. The molecule has 0 bridgehead atoms. The van der Waals surface area contributed by atoms with Crippen LogP contribution in [0.5, 0.6) is 11.5 Å². The van der Waals surface area contributed by atoms with Gasteiger partial charge in [0.25, 0.3) is 5.91 Å². The number of amides is 1. The summed E-state index contributed by atoms with van der Waals surface area (Å²) in [6, 6.07) is 12.8. The van der Waals surface area contributed by atoms with Gasteiger partial charge in [-0.25, -0.2) is 9.37 Å². The first kappa shape index (κ1) is 17.1. The average Bonchev–Trinajstić information content (AvgIpc) is 3.11. The van der Waals surface area contributed by atoms with Crippen molar-refractivity contribution in [2.45, 2.75) is 0 Å². The van der Waals surface area contributed by atoms with Crippen LogP contribution in [-0.2, 0) is 0 Å². The molecule has 0 spiro atoms. The van der Waals surface area contributed by atoms with Crippen molar-refractivity contribution in [3.05, 3.63) is 71.1 Å². The number of aromatic nitrogens is 1. The van der Waals surface area contributed by atoms with Crippen LogP contribution in [0.1, 0.15) is 10.4 Å². The van der Waals surface area contributed by atoms with Gasteiger partial charge in [-0.15, -0.1) is 0 Å². The van der Waals surface area contributed by atoms with E-state index in [2.05, 4.69) is 15.6 Å². The molecule has 3 aromatic rings. The first-order chi connectivity index (χ1) is 13.1. The molecule has 1 amide bonds. The van der Waals surface area contributed by atoms with E-state index in [-0.39, 0.29) is 17.4 Å². The van der Waals surface area contributed by atoms with Crippen LogP contribution in [0.25, 0.3) is 0 Å². The highest BCUT2D eigenvalue weighted by Crippen LogP contribution is 2.35. The standard InChI is InChI=1S/C19H13ClFN3O3/c20-13-2-1-3-14(21)18(13)19(25)24-12-5-7-17(22-9-12)23-11-4-6-15-16(8-11)27-10-26-15/h1-9H,10H2,(H,22,23)(H,24,25). The van der Waals surface area contributed by atoms with E-state index in [4.69, 9.17) is 21.1 Å². The van der Waals surface area contributed by atoms with Gasteiger partial charge >= 0.3 is 0 Å². The van der Waals surface area contributed by atoms with E-state index in [1.807, 2.05) is 6.07 Å². The number of fused-ring (bicyclic) bond motifs is 1. The summed E-state index contributed by atoms with van der Waals surface area (Å²) in [6.07, 6.45) is 1.46. The van der Waals surface area contributed by atoms with E-state index >= 15 is 0 Å². The first-order valence-electron chi connectivity index (χ1n) is 7.98. The molecule has 2 aromatic carbocycles. The highest BCUT2D eigenvalue weighted by atomic mass is 35.5. The lowest BCUT2D eigenvalue weighted by Gasteiger charge is -2.09. The fourth-order valence-corrected chi connectivity index (χ4v) is 2.82. The summed E-state index contributed by atoms with van der Waals surface area (Å²) in [4.78, 5) is 16.5. The smallest absolute Gasteiger partial charge is 0.260 e. The van der Waals surface area contributed by atoms with Crippen LogP contribution in [0.15, 0.2) is 54.7 Å². The zero-order chi connectivity index (χ0) is 18.8. The molecule has 0 unspecified atom stereocenters. The summed E-state index contributed by atoms with van der Waals surface area (Å²) in [5, 5.41) is 5.74. The largest absolute Gasteiger partial charge is 0.454 e. The van der Waals surface area contributed by atoms with Crippen molar-refractivity contribution in [2.24, 2.45) is 0 Å². The van der Waals surface area contributed by atoms with Gasteiger partial charge in [0, 0.05) is 11.8 Å². The van der Waals surface area contributed by atoms with Crippen LogP contribution in [0, 0.1) is 5.82 Å². The molecule has 1 aliphatic rings. The topological polar surface area (TPSA) is 72.5 Å². The lowest BCUT2D eigenvalue weighted by molar-refractivity contribution is 0.102. The van der Waals surface area contributed by atoms with E-state index in [0.717, 1.165) is 5.69 Å². The highest BCUT2D eigenvalue weighted by Gasteiger charge is 2.16. The monoisotopic (exact) mass is 385 g/mol.